The van der Waals surface area contributed by atoms with Gasteiger partial charge in [-0.3, -0.25) is 4.79 Å². The van der Waals surface area contributed by atoms with Crippen molar-refractivity contribution in [3.05, 3.63) is 56.5 Å². The number of nitrogen functional groups attached to an aromatic ring is 1. The second kappa shape index (κ2) is 5.82. The molecule has 2 rings (SSSR count). The maximum atomic E-state index is 12.1. The molecule has 3 nitrogen and oxygen atoms in total. The van der Waals surface area contributed by atoms with E-state index in [9.17, 15) is 4.79 Å². The van der Waals surface area contributed by atoms with Crippen LogP contribution in [0.4, 0.5) is 11.4 Å². The first-order valence-corrected chi connectivity index (χ1v) is 6.83. The average Bonchev–Trinajstić information content (AvgIpc) is 2.33. The SMILES string of the molecule is Nc1ccc(NC(=O)c2ccc(Cl)cc2Cl)cc1Br. The molecule has 1 amide bonds. The van der Waals surface area contributed by atoms with E-state index in [0.29, 0.717) is 31.5 Å². The minimum absolute atomic E-state index is 0.305. The zero-order valence-corrected chi connectivity index (χ0v) is 12.7. The van der Waals surface area contributed by atoms with Crippen LogP contribution in [0.15, 0.2) is 40.9 Å². The summed E-state index contributed by atoms with van der Waals surface area (Å²) in [7, 11) is 0. The van der Waals surface area contributed by atoms with Crippen LogP contribution in [0.2, 0.25) is 10.0 Å². The molecule has 0 bridgehead atoms. The van der Waals surface area contributed by atoms with Crippen molar-refractivity contribution in [1.82, 2.24) is 0 Å². The summed E-state index contributed by atoms with van der Waals surface area (Å²) in [5.74, 6) is -0.307. The van der Waals surface area contributed by atoms with Gasteiger partial charge >= 0.3 is 0 Å². The van der Waals surface area contributed by atoms with Gasteiger partial charge in [0.25, 0.3) is 5.91 Å². The Balaban J connectivity index is 2.23. The van der Waals surface area contributed by atoms with E-state index >= 15 is 0 Å². The van der Waals surface area contributed by atoms with E-state index in [0.717, 1.165) is 0 Å². The van der Waals surface area contributed by atoms with Crippen LogP contribution in [-0.2, 0) is 0 Å². The largest absolute Gasteiger partial charge is 0.398 e. The first-order chi connectivity index (χ1) is 8.97. The lowest BCUT2D eigenvalue weighted by Crippen LogP contribution is -2.12. The molecule has 0 radical (unpaired) electrons. The molecular formula is C13H9BrCl2N2O. The number of carbonyl (C=O) groups excluding carboxylic acids is 1. The fourth-order valence-corrected chi connectivity index (χ4v) is 2.35. The van der Waals surface area contributed by atoms with Crippen LogP contribution in [0.5, 0.6) is 0 Å². The Labute approximate surface area is 128 Å². The molecule has 0 aliphatic carbocycles. The number of anilines is 2. The van der Waals surface area contributed by atoms with E-state index < -0.39 is 0 Å². The van der Waals surface area contributed by atoms with Gasteiger partial charge in [0.05, 0.1) is 10.6 Å². The van der Waals surface area contributed by atoms with E-state index in [1.165, 1.54) is 6.07 Å². The van der Waals surface area contributed by atoms with Crippen molar-refractivity contribution in [3.8, 4) is 0 Å². The highest BCUT2D eigenvalue weighted by Crippen LogP contribution is 2.25. The molecular weight excluding hydrogens is 351 g/mol. The number of benzene rings is 2. The summed E-state index contributed by atoms with van der Waals surface area (Å²) in [6, 6.07) is 9.84. The van der Waals surface area contributed by atoms with Gasteiger partial charge in [-0.2, -0.15) is 0 Å². The lowest BCUT2D eigenvalue weighted by Gasteiger charge is -2.08. The summed E-state index contributed by atoms with van der Waals surface area (Å²) in [6.45, 7) is 0. The number of amides is 1. The highest BCUT2D eigenvalue weighted by molar-refractivity contribution is 9.10. The Morgan fingerprint density at radius 2 is 1.89 bits per heavy atom. The summed E-state index contributed by atoms with van der Waals surface area (Å²) in [5, 5.41) is 3.52. The summed E-state index contributed by atoms with van der Waals surface area (Å²) < 4.78 is 0.715. The molecule has 6 heteroatoms. The van der Waals surface area contributed by atoms with Crippen molar-refractivity contribution < 1.29 is 4.79 Å². The highest BCUT2D eigenvalue weighted by Gasteiger charge is 2.11. The lowest BCUT2D eigenvalue weighted by molar-refractivity contribution is 0.102. The van der Waals surface area contributed by atoms with Crippen LogP contribution in [0.3, 0.4) is 0 Å². The third-order valence-electron chi connectivity index (χ3n) is 2.43. The van der Waals surface area contributed by atoms with Crippen molar-refractivity contribution in [1.29, 1.82) is 0 Å². The van der Waals surface area contributed by atoms with Gasteiger partial charge in [-0.25, -0.2) is 0 Å². The van der Waals surface area contributed by atoms with Crippen molar-refractivity contribution in [2.75, 3.05) is 11.1 Å². The van der Waals surface area contributed by atoms with Crippen LogP contribution in [0.25, 0.3) is 0 Å². The van der Waals surface area contributed by atoms with Gasteiger partial charge in [0.2, 0.25) is 0 Å². The lowest BCUT2D eigenvalue weighted by atomic mass is 10.2. The number of rotatable bonds is 2. The molecule has 0 atom stereocenters. The molecule has 0 fully saturated rings. The Morgan fingerprint density at radius 3 is 2.53 bits per heavy atom. The Kier molecular flexibility index (Phi) is 4.34. The molecule has 0 saturated carbocycles. The van der Waals surface area contributed by atoms with Gasteiger partial charge in [-0.15, -0.1) is 0 Å². The Bertz CT molecular complexity index is 647. The molecule has 98 valence electrons. The van der Waals surface area contributed by atoms with Crippen LogP contribution < -0.4 is 11.1 Å². The molecule has 19 heavy (non-hydrogen) atoms. The minimum Gasteiger partial charge on any atom is -0.398 e. The summed E-state index contributed by atoms with van der Waals surface area (Å²) in [4.78, 5) is 12.1. The summed E-state index contributed by atoms with van der Waals surface area (Å²) in [6.07, 6.45) is 0. The molecule has 2 aromatic rings. The second-order valence-electron chi connectivity index (χ2n) is 3.81. The molecule has 0 aliphatic heterocycles. The molecule has 0 saturated heterocycles. The highest BCUT2D eigenvalue weighted by atomic mass is 79.9. The van der Waals surface area contributed by atoms with Crippen LogP contribution in [0.1, 0.15) is 10.4 Å². The molecule has 3 N–H and O–H groups in total. The number of hydrogen-bond donors (Lipinski definition) is 2. The van der Waals surface area contributed by atoms with Crippen molar-refractivity contribution in [3.63, 3.8) is 0 Å². The van der Waals surface area contributed by atoms with E-state index in [1.54, 1.807) is 30.3 Å². The van der Waals surface area contributed by atoms with Crippen LogP contribution in [0, 0.1) is 0 Å². The van der Waals surface area contributed by atoms with Crippen molar-refractivity contribution in [2.45, 2.75) is 0 Å². The van der Waals surface area contributed by atoms with E-state index in [4.69, 9.17) is 28.9 Å². The number of hydrogen-bond acceptors (Lipinski definition) is 2. The predicted molar refractivity (Wildman–Crippen MR) is 83.0 cm³/mol. The van der Waals surface area contributed by atoms with Gasteiger partial charge in [0, 0.05) is 20.9 Å². The molecule has 2 aromatic carbocycles. The Hall–Kier alpha value is -1.23. The van der Waals surface area contributed by atoms with Crippen molar-refractivity contribution in [2.24, 2.45) is 0 Å². The van der Waals surface area contributed by atoms with Gasteiger partial charge in [-0.05, 0) is 52.3 Å². The fourth-order valence-electron chi connectivity index (χ4n) is 1.48. The maximum absolute atomic E-state index is 12.1. The first-order valence-electron chi connectivity index (χ1n) is 5.29. The first kappa shape index (κ1) is 14.2. The third kappa shape index (κ3) is 3.41. The molecule has 0 aliphatic rings. The van der Waals surface area contributed by atoms with Crippen LogP contribution in [-0.4, -0.2) is 5.91 Å². The van der Waals surface area contributed by atoms with Gasteiger partial charge in [0.15, 0.2) is 0 Å². The topological polar surface area (TPSA) is 55.1 Å². The number of carbonyl (C=O) groups is 1. The zero-order chi connectivity index (χ0) is 14.0. The monoisotopic (exact) mass is 358 g/mol. The van der Waals surface area contributed by atoms with Gasteiger partial charge in [-0.1, -0.05) is 23.2 Å². The number of nitrogens with one attached hydrogen (secondary N) is 1. The van der Waals surface area contributed by atoms with Crippen LogP contribution >= 0.6 is 39.1 Å². The second-order valence-corrected chi connectivity index (χ2v) is 5.51. The standard InChI is InChI=1S/C13H9BrCl2N2O/c14-10-6-8(2-4-12(10)17)18-13(19)9-3-1-7(15)5-11(9)16/h1-6H,17H2,(H,18,19). The molecule has 0 spiro atoms. The Morgan fingerprint density at radius 1 is 1.16 bits per heavy atom. The average molecular weight is 360 g/mol. The summed E-state index contributed by atoms with van der Waals surface area (Å²) in [5.41, 5.74) is 7.26. The number of nitrogens with two attached hydrogens (primary N) is 1. The van der Waals surface area contributed by atoms with Crippen molar-refractivity contribution >= 4 is 56.4 Å². The van der Waals surface area contributed by atoms with E-state index in [-0.39, 0.29) is 5.91 Å². The molecule has 0 heterocycles. The number of halogens is 3. The predicted octanol–water partition coefficient (Wildman–Crippen LogP) is 4.59. The quantitative estimate of drug-likeness (QED) is 0.770. The van der Waals surface area contributed by atoms with Gasteiger partial charge < -0.3 is 11.1 Å². The van der Waals surface area contributed by atoms with Gasteiger partial charge in [0.1, 0.15) is 0 Å². The third-order valence-corrected chi connectivity index (χ3v) is 3.67. The normalized spacial score (nSPS) is 10.3. The van der Waals surface area contributed by atoms with E-state index in [2.05, 4.69) is 21.2 Å². The fraction of sp³-hybridized carbons (Fsp3) is 0. The molecule has 0 unspecified atom stereocenters. The summed E-state index contributed by atoms with van der Waals surface area (Å²) >= 11 is 15.1. The zero-order valence-electron chi connectivity index (χ0n) is 9.58. The van der Waals surface area contributed by atoms with E-state index in [1.807, 2.05) is 0 Å². The smallest absolute Gasteiger partial charge is 0.257 e. The maximum Gasteiger partial charge on any atom is 0.257 e. The minimum atomic E-state index is -0.307. The molecule has 0 aromatic heterocycles.